The molecule has 1 aromatic heterocycles. The molecule has 1 aromatic carbocycles. The van der Waals surface area contributed by atoms with Crippen LogP contribution in [0.1, 0.15) is 10.7 Å². The summed E-state index contributed by atoms with van der Waals surface area (Å²) >= 11 is 1.65. The molecule has 72 valence electrons. The fraction of sp³-hybridized carbons (Fsp3) is 0.182. The zero-order valence-electron chi connectivity index (χ0n) is 7.93. The van der Waals surface area contributed by atoms with Crippen molar-refractivity contribution in [1.82, 2.24) is 4.98 Å². The summed E-state index contributed by atoms with van der Waals surface area (Å²) in [6.07, 6.45) is 0. The largest absolute Gasteiger partial charge is 0.487 e. The predicted molar refractivity (Wildman–Crippen MR) is 57.6 cm³/mol. The fourth-order valence-electron chi connectivity index (χ4n) is 1.15. The molecular formula is C11H11NOS. The van der Waals surface area contributed by atoms with Gasteiger partial charge in [-0.1, -0.05) is 18.2 Å². The average molecular weight is 205 g/mol. The van der Waals surface area contributed by atoms with Gasteiger partial charge in [0.2, 0.25) is 0 Å². The highest BCUT2D eigenvalue weighted by Crippen LogP contribution is 2.13. The molecular weight excluding hydrogens is 194 g/mol. The topological polar surface area (TPSA) is 22.1 Å². The van der Waals surface area contributed by atoms with Gasteiger partial charge in [0.1, 0.15) is 12.4 Å². The molecule has 0 aliphatic heterocycles. The van der Waals surface area contributed by atoms with Crippen LogP contribution in [0.4, 0.5) is 0 Å². The van der Waals surface area contributed by atoms with E-state index in [1.165, 1.54) is 0 Å². The van der Waals surface area contributed by atoms with Gasteiger partial charge in [-0.05, 0) is 19.1 Å². The lowest BCUT2D eigenvalue weighted by Gasteiger charge is -2.02. The van der Waals surface area contributed by atoms with Crippen LogP contribution in [0.15, 0.2) is 35.7 Å². The lowest BCUT2D eigenvalue weighted by molar-refractivity contribution is 0.302. The summed E-state index contributed by atoms with van der Waals surface area (Å²) < 4.78 is 5.55. The number of hydrogen-bond acceptors (Lipinski definition) is 3. The summed E-state index contributed by atoms with van der Waals surface area (Å²) in [7, 11) is 0. The summed E-state index contributed by atoms with van der Waals surface area (Å²) in [5, 5.41) is 3.11. The first-order valence-electron chi connectivity index (χ1n) is 4.43. The normalized spacial score (nSPS) is 10.1. The number of hydrogen-bond donors (Lipinski definition) is 0. The number of ether oxygens (including phenoxy) is 1. The number of para-hydroxylation sites is 1. The number of rotatable bonds is 3. The molecule has 3 heteroatoms. The average Bonchev–Trinajstić information content (AvgIpc) is 2.63. The third kappa shape index (κ3) is 2.33. The standard InChI is InChI=1S/C11H11NOS/c1-9-12-10(8-14-9)7-13-11-5-3-2-4-6-11/h2-6,8H,7H2,1H3. The van der Waals surface area contributed by atoms with E-state index in [0.717, 1.165) is 16.5 Å². The van der Waals surface area contributed by atoms with Crippen LogP contribution in [0, 0.1) is 6.92 Å². The Morgan fingerprint density at radius 1 is 1.29 bits per heavy atom. The van der Waals surface area contributed by atoms with E-state index in [4.69, 9.17) is 4.74 Å². The molecule has 14 heavy (non-hydrogen) atoms. The number of nitrogens with zero attached hydrogens (tertiary/aromatic N) is 1. The van der Waals surface area contributed by atoms with Crippen LogP contribution in [0.25, 0.3) is 0 Å². The molecule has 0 amide bonds. The second-order valence-electron chi connectivity index (χ2n) is 2.96. The molecule has 0 aliphatic rings. The summed E-state index contributed by atoms with van der Waals surface area (Å²) in [6, 6.07) is 9.78. The first-order chi connectivity index (χ1) is 6.84. The maximum absolute atomic E-state index is 5.55. The van der Waals surface area contributed by atoms with Gasteiger partial charge in [-0.3, -0.25) is 0 Å². The zero-order chi connectivity index (χ0) is 9.80. The van der Waals surface area contributed by atoms with Crippen LogP contribution in [-0.2, 0) is 6.61 Å². The maximum Gasteiger partial charge on any atom is 0.131 e. The van der Waals surface area contributed by atoms with E-state index in [1.54, 1.807) is 11.3 Å². The van der Waals surface area contributed by atoms with Crippen molar-refractivity contribution in [1.29, 1.82) is 0 Å². The second-order valence-corrected chi connectivity index (χ2v) is 4.02. The maximum atomic E-state index is 5.55. The Hall–Kier alpha value is -1.35. The molecule has 0 atom stereocenters. The minimum Gasteiger partial charge on any atom is -0.487 e. The fourth-order valence-corrected chi connectivity index (χ4v) is 1.75. The van der Waals surface area contributed by atoms with Crippen molar-refractivity contribution >= 4 is 11.3 Å². The van der Waals surface area contributed by atoms with Crippen LogP contribution < -0.4 is 4.74 Å². The molecule has 2 rings (SSSR count). The minimum atomic E-state index is 0.550. The molecule has 0 radical (unpaired) electrons. The molecule has 0 N–H and O–H groups in total. The molecule has 2 nitrogen and oxygen atoms in total. The third-order valence-electron chi connectivity index (χ3n) is 1.80. The van der Waals surface area contributed by atoms with E-state index in [1.807, 2.05) is 42.6 Å². The number of aryl methyl sites for hydroxylation is 1. The third-order valence-corrected chi connectivity index (χ3v) is 2.62. The SMILES string of the molecule is Cc1nc(COc2ccccc2)cs1. The minimum absolute atomic E-state index is 0.550. The molecule has 0 unspecified atom stereocenters. The van der Waals surface area contributed by atoms with Crippen molar-refractivity contribution < 1.29 is 4.74 Å². The highest BCUT2D eigenvalue weighted by atomic mass is 32.1. The van der Waals surface area contributed by atoms with Crippen LogP contribution in [0.3, 0.4) is 0 Å². The number of benzene rings is 1. The Balaban J connectivity index is 1.95. The highest BCUT2D eigenvalue weighted by Gasteiger charge is 1.98. The van der Waals surface area contributed by atoms with Gasteiger partial charge in [-0.25, -0.2) is 4.98 Å². The summed E-state index contributed by atoms with van der Waals surface area (Å²) in [6.45, 7) is 2.55. The van der Waals surface area contributed by atoms with Gasteiger partial charge in [0.15, 0.2) is 0 Å². The Morgan fingerprint density at radius 2 is 2.07 bits per heavy atom. The van der Waals surface area contributed by atoms with E-state index in [2.05, 4.69) is 4.98 Å². The number of aromatic nitrogens is 1. The first-order valence-corrected chi connectivity index (χ1v) is 5.31. The van der Waals surface area contributed by atoms with Gasteiger partial charge >= 0.3 is 0 Å². The smallest absolute Gasteiger partial charge is 0.131 e. The van der Waals surface area contributed by atoms with Crippen molar-refractivity contribution in [3.05, 3.63) is 46.4 Å². The molecule has 0 saturated heterocycles. The van der Waals surface area contributed by atoms with Gasteiger partial charge < -0.3 is 4.74 Å². The monoisotopic (exact) mass is 205 g/mol. The molecule has 0 saturated carbocycles. The van der Waals surface area contributed by atoms with E-state index in [-0.39, 0.29) is 0 Å². The molecule has 0 bridgehead atoms. The lowest BCUT2D eigenvalue weighted by atomic mass is 10.3. The lowest BCUT2D eigenvalue weighted by Crippen LogP contribution is -1.95. The van der Waals surface area contributed by atoms with Crippen molar-refractivity contribution in [2.45, 2.75) is 13.5 Å². The Morgan fingerprint density at radius 3 is 2.71 bits per heavy atom. The van der Waals surface area contributed by atoms with Crippen molar-refractivity contribution in [2.24, 2.45) is 0 Å². The Bertz CT molecular complexity index is 397. The van der Waals surface area contributed by atoms with E-state index in [9.17, 15) is 0 Å². The first kappa shape index (κ1) is 9.21. The quantitative estimate of drug-likeness (QED) is 0.768. The van der Waals surface area contributed by atoms with Crippen molar-refractivity contribution in [2.75, 3.05) is 0 Å². The van der Waals surface area contributed by atoms with Gasteiger partial charge in [0.25, 0.3) is 0 Å². The molecule has 0 spiro atoms. The van der Waals surface area contributed by atoms with Gasteiger partial charge in [-0.15, -0.1) is 11.3 Å². The van der Waals surface area contributed by atoms with Crippen LogP contribution >= 0.6 is 11.3 Å². The van der Waals surface area contributed by atoms with Crippen LogP contribution in [0.5, 0.6) is 5.75 Å². The van der Waals surface area contributed by atoms with Crippen molar-refractivity contribution in [3.63, 3.8) is 0 Å². The van der Waals surface area contributed by atoms with Crippen LogP contribution in [-0.4, -0.2) is 4.98 Å². The van der Waals surface area contributed by atoms with Gasteiger partial charge in [-0.2, -0.15) is 0 Å². The molecule has 2 aromatic rings. The second kappa shape index (κ2) is 4.24. The summed E-state index contributed by atoms with van der Waals surface area (Å²) in [5.74, 6) is 0.887. The molecule has 1 heterocycles. The zero-order valence-corrected chi connectivity index (χ0v) is 8.75. The predicted octanol–water partition coefficient (Wildman–Crippen LogP) is 3.03. The number of thiazole rings is 1. The Labute approximate surface area is 87.2 Å². The van der Waals surface area contributed by atoms with Crippen molar-refractivity contribution in [3.8, 4) is 5.75 Å². The van der Waals surface area contributed by atoms with Crippen LogP contribution in [0.2, 0.25) is 0 Å². The van der Waals surface area contributed by atoms with E-state index < -0.39 is 0 Å². The summed E-state index contributed by atoms with van der Waals surface area (Å²) in [5.41, 5.74) is 0.997. The van der Waals surface area contributed by atoms with E-state index in [0.29, 0.717) is 6.61 Å². The molecule has 0 fully saturated rings. The van der Waals surface area contributed by atoms with Gasteiger partial charge in [0.05, 0.1) is 10.7 Å². The van der Waals surface area contributed by atoms with E-state index >= 15 is 0 Å². The highest BCUT2D eigenvalue weighted by molar-refractivity contribution is 7.09. The molecule has 0 aliphatic carbocycles. The summed E-state index contributed by atoms with van der Waals surface area (Å²) in [4.78, 5) is 4.32. The Kier molecular flexibility index (Phi) is 2.79. The van der Waals surface area contributed by atoms with Gasteiger partial charge in [0, 0.05) is 5.38 Å².